The van der Waals surface area contributed by atoms with Gasteiger partial charge in [-0.15, -0.1) is 0 Å². The van der Waals surface area contributed by atoms with E-state index in [1.807, 2.05) is 20.8 Å². The van der Waals surface area contributed by atoms with Crippen LogP contribution in [0.5, 0.6) is 0 Å². The van der Waals surface area contributed by atoms with Crippen molar-refractivity contribution in [2.75, 3.05) is 5.75 Å². The Hall–Kier alpha value is -1.10. The minimum Gasteiger partial charge on any atom is -0.352 e. The highest BCUT2D eigenvalue weighted by molar-refractivity contribution is 7.99. The van der Waals surface area contributed by atoms with Crippen LogP contribution in [0.25, 0.3) is 0 Å². The van der Waals surface area contributed by atoms with Gasteiger partial charge in [-0.3, -0.25) is 4.79 Å². The maximum atomic E-state index is 12.2. The molecular formula is C17H27N3OS. The third kappa shape index (κ3) is 4.22. The second kappa shape index (κ2) is 7.44. The van der Waals surface area contributed by atoms with Crippen molar-refractivity contribution in [2.24, 2.45) is 11.8 Å². The highest BCUT2D eigenvalue weighted by Crippen LogP contribution is 2.29. The van der Waals surface area contributed by atoms with Crippen LogP contribution < -0.4 is 5.32 Å². The average molecular weight is 321 g/mol. The van der Waals surface area contributed by atoms with E-state index in [1.54, 1.807) is 0 Å². The standard InChI is InChI=1S/C17H27N3OS/c1-10-7-6-8-15(11(10)2)20-16(21)9-22-17-18-13(4)12(3)14(5)19-17/h10-11,15H,6-9H2,1-5H3,(H,20,21). The van der Waals surface area contributed by atoms with Gasteiger partial charge in [0.2, 0.25) is 5.91 Å². The minimum absolute atomic E-state index is 0.0930. The molecule has 1 heterocycles. The largest absolute Gasteiger partial charge is 0.352 e. The molecule has 0 spiro atoms. The molecule has 0 saturated heterocycles. The monoisotopic (exact) mass is 321 g/mol. The van der Waals surface area contributed by atoms with Gasteiger partial charge in [-0.05, 0) is 44.6 Å². The number of carbonyl (C=O) groups excluding carboxylic acids is 1. The van der Waals surface area contributed by atoms with E-state index in [1.165, 1.54) is 24.6 Å². The lowest BCUT2D eigenvalue weighted by atomic mass is 9.78. The molecule has 1 fully saturated rings. The van der Waals surface area contributed by atoms with Gasteiger partial charge < -0.3 is 5.32 Å². The van der Waals surface area contributed by atoms with Gasteiger partial charge in [0.05, 0.1) is 5.75 Å². The first kappa shape index (κ1) is 17.3. The molecule has 5 heteroatoms. The van der Waals surface area contributed by atoms with Crippen LogP contribution in [0.3, 0.4) is 0 Å². The number of rotatable bonds is 4. The molecular weight excluding hydrogens is 294 g/mol. The van der Waals surface area contributed by atoms with Gasteiger partial charge in [0.15, 0.2) is 5.16 Å². The number of nitrogens with zero attached hydrogens (tertiary/aromatic N) is 2. The number of amides is 1. The first-order valence-electron chi connectivity index (χ1n) is 8.12. The highest BCUT2D eigenvalue weighted by Gasteiger charge is 2.28. The van der Waals surface area contributed by atoms with Gasteiger partial charge in [0, 0.05) is 17.4 Å². The lowest BCUT2D eigenvalue weighted by Crippen LogP contribution is -2.44. The number of aromatic nitrogens is 2. The molecule has 3 unspecified atom stereocenters. The molecule has 122 valence electrons. The van der Waals surface area contributed by atoms with E-state index < -0.39 is 0 Å². The minimum atomic E-state index is 0.0930. The fraction of sp³-hybridized carbons (Fsp3) is 0.706. The van der Waals surface area contributed by atoms with E-state index in [-0.39, 0.29) is 5.91 Å². The zero-order valence-corrected chi connectivity index (χ0v) is 15.1. The first-order chi connectivity index (χ1) is 10.4. The zero-order chi connectivity index (χ0) is 16.3. The number of hydrogen-bond donors (Lipinski definition) is 1. The summed E-state index contributed by atoms with van der Waals surface area (Å²) in [5.41, 5.74) is 3.11. The zero-order valence-electron chi connectivity index (χ0n) is 14.3. The summed E-state index contributed by atoms with van der Waals surface area (Å²) in [6.45, 7) is 10.5. The lowest BCUT2D eigenvalue weighted by Gasteiger charge is -2.34. The third-order valence-corrected chi connectivity index (χ3v) is 5.84. The average Bonchev–Trinajstić information content (AvgIpc) is 2.47. The topological polar surface area (TPSA) is 54.9 Å². The number of hydrogen-bond acceptors (Lipinski definition) is 4. The SMILES string of the molecule is Cc1nc(SCC(=O)NC2CCCC(C)C2C)nc(C)c1C. The molecule has 3 atom stereocenters. The summed E-state index contributed by atoms with van der Waals surface area (Å²) in [4.78, 5) is 21.1. The Labute approximate surface area is 137 Å². The van der Waals surface area contributed by atoms with Crippen LogP contribution in [-0.4, -0.2) is 27.7 Å². The van der Waals surface area contributed by atoms with Crippen LogP contribution in [0.2, 0.25) is 0 Å². The van der Waals surface area contributed by atoms with Gasteiger partial charge in [0.25, 0.3) is 0 Å². The summed E-state index contributed by atoms with van der Waals surface area (Å²) in [5, 5.41) is 3.89. The molecule has 0 bridgehead atoms. The van der Waals surface area contributed by atoms with Crippen LogP contribution in [0.1, 0.15) is 50.1 Å². The predicted molar refractivity (Wildman–Crippen MR) is 91.1 cm³/mol. The lowest BCUT2D eigenvalue weighted by molar-refractivity contribution is -0.120. The quantitative estimate of drug-likeness (QED) is 0.682. The Balaban J connectivity index is 1.88. The Morgan fingerprint density at radius 1 is 1.18 bits per heavy atom. The van der Waals surface area contributed by atoms with Crippen molar-refractivity contribution in [1.82, 2.24) is 15.3 Å². The van der Waals surface area contributed by atoms with Crippen LogP contribution in [-0.2, 0) is 4.79 Å². The molecule has 22 heavy (non-hydrogen) atoms. The molecule has 4 nitrogen and oxygen atoms in total. The van der Waals surface area contributed by atoms with E-state index in [2.05, 4.69) is 29.1 Å². The Morgan fingerprint density at radius 2 is 1.82 bits per heavy atom. The van der Waals surface area contributed by atoms with Crippen molar-refractivity contribution in [3.63, 3.8) is 0 Å². The van der Waals surface area contributed by atoms with Crippen LogP contribution in [0.15, 0.2) is 5.16 Å². The Kier molecular flexibility index (Phi) is 5.84. The van der Waals surface area contributed by atoms with Crippen LogP contribution in [0.4, 0.5) is 0 Å². The van der Waals surface area contributed by atoms with Gasteiger partial charge in [-0.2, -0.15) is 0 Å². The van der Waals surface area contributed by atoms with Crippen molar-refractivity contribution >= 4 is 17.7 Å². The molecule has 1 aliphatic rings. The van der Waals surface area contributed by atoms with Crippen molar-refractivity contribution in [3.05, 3.63) is 17.0 Å². The Bertz CT molecular complexity index is 524. The molecule has 1 aromatic heterocycles. The highest BCUT2D eigenvalue weighted by atomic mass is 32.2. The van der Waals surface area contributed by atoms with E-state index in [9.17, 15) is 4.79 Å². The summed E-state index contributed by atoms with van der Waals surface area (Å²) in [6.07, 6.45) is 3.59. The second-order valence-corrected chi connectivity index (χ2v) is 7.47. The smallest absolute Gasteiger partial charge is 0.230 e. The Morgan fingerprint density at radius 3 is 2.45 bits per heavy atom. The first-order valence-corrected chi connectivity index (χ1v) is 9.11. The van der Waals surface area contributed by atoms with E-state index in [0.29, 0.717) is 28.8 Å². The predicted octanol–water partition coefficient (Wildman–Crippen LogP) is 3.43. The van der Waals surface area contributed by atoms with Crippen molar-refractivity contribution in [1.29, 1.82) is 0 Å². The van der Waals surface area contributed by atoms with E-state index >= 15 is 0 Å². The maximum Gasteiger partial charge on any atom is 0.230 e. The van der Waals surface area contributed by atoms with Gasteiger partial charge >= 0.3 is 0 Å². The number of thioether (sulfide) groups is 1. The van der Waals surface area contributed by atoms with E-state index in [4.69, 9.17) is 0 Å². The summed E-state index contributed by atoms with van der Waals surface area (Å²) >= 11 is 1.42. The molecule has 1 saturated carbocycles. The van der Waals surface area contributed by atoms with Gasteiger partial charge in [0.1, 0.15) is 0 Å². The molecule has 2 rings (SSSR count). The van der Waals surface area contributed by atoms with Crippen molar-refractivity contribution in [3.8, 4) is 0 Å². The molecule has 0 aromatic carbocycles. The third-order valence-electron chi connectivity index (χ3n) is 5.00. The maximum absolute atomic E-state index is 12.2. The van der Waals surface area contributed by atoms with Crippen molar-refractivity contribution < 1.29 is 4.79 Å². The molecule has 0 aliphatic heterocycles. The number of aryl methyl sites for hydroxylation is 2. The van der Waals surface area contributed by atoms with Crippen LogP contribution in [0, 0.1) is 32.6 Å². The molecule has 1 aromatic rings. The number of carbonyl (C=O) groups is 1. The normalized spacial score (nSPS) is 25.0. The van der Waals surface area contributed by atoms with Gasteiger partial charge in [-0.25, -0.2) is 9.97 Å². The molecule has 1 amide bonds. The van der Waals surface area contributed by atoms with Gasteiger partial charge in [-0.1, -0.05) is 38.5 Å². The number of nitrogens with one attached hydrogen (secondary N) is 1. The molecule has 0 radical (unpaired) electrons. The molecule has 1 aliphatic carbocycles. The molecule has 1 N–H and O–H groups in total. The summed E-state index contributed by atoms with van der Waals surface area (Å²) < 4.78 is 0. The van der Waals surface area contributed by atoms with Crippen molar-refractivity contribution in [2.45, 2.75) is 65.1 Å². The summed E-state index contributed by atoms with van der Waals surface area (Å²) in [7, 11) is 0. The fourth-order valence-electron chi connectivity index (χ4n) is 2.97. The summed E-state index contributed by atoms with van der Waals surface area (Å²) in [6, 6.07) is 0.319. The second-order valence-electron chi connectivity index (χ2n) is 6.53. The van der Waals surface area contributed by atoms with E-state index in [0.717, 1.165) is 23.4 Å². The fourth-order valence-corrected chi connectivity index (χ4v) is 3.72. The summed E-state index contributed by atoms with van der Waals surface area (Å²) in [5.74, 6) is 1.73. The van der Waals surface area contributed by atoms with Crippen LogP contribution >= 0.6 is 11.8 Å².